The monoisotopic (exact) mass is 275 g/mol. The van der Waals surface area contributed by atoms with Gasteiger partial charge in [0.2, 0.25) is 0 Å². The van der Waals surface area contributed by atoms with Gasteiger partial charge < -0.3 is 4.90 Å². The van der Waals surface area contributed by atoms with Gasteiger partial charge in [0.1, 0.15) is 0 Å². The number of hydrogen-bond donors (Lipinski definition) is 2. The zero-order valence-electron chi connectivity index (χ0n) is 13.4. The van der Waals surface area contributed by atoms with Gasteiger partial charge in [-0.1, -0.05) is 42.2 Å². The van der Waals surface area contributed by atoms with E-state index in [4.69, 9.17) is 5.84 Å². The minimum absolute atomic E-state index is 0.201. The van der Waals surface area contributed by atoms with Crippen LogP contribution < -0.4 is 11.3 Å². The highest BCUT2D eigenvalue weighted by molar-refractivity contribution is 5.29. The first kappa shape index (κ1) is 15.5. The van der Waals surface area contributed by atoms with Crippen molar-refractivity contribution >= 4 is 0 Å². The van der Waals surface area contributed by atoms with Crippen molar-refractivity contribution in [2.75, 3.05) is 14.1 Å². The molecule has 20 heavy (non-hydrogen) atoms. The summed E-state index contributed by atoms with van der Waals surface area (Å²) in [4.78, 5) is 2.38. The van der Waals surface area contributed by atoms with Gasteiger partial charge in [0.05, 0.1) is 0 Å². The van der Waals surface area contributed by atoms with E-state index in [9.17, 15) is 0 Å². The second-order valence-electron chi connectivity index (χ2n) is 6.62. The zero-order chi connectivity index (χ0) is 14.8. The molecule has 0 spiro atoms. The van der Waals surface area contributed by atoms with Crippen molar-refractivity contribution in [2.45, 2.75) is 57.5 Å². The SMILES string of the molecule is Cc1cc(C)cc(CC(NN)C2(N(C)C)CCCC2)c1. The van der Waals surface area contributed by atoms with E-state index in [1.54, 1.807) is 0 Å². The number of benzene rings is 1. The number of hydrazine groups is 1. The van der Waals surface area contributed by atoms with E-state index in [0.29, 0.717) is 6.04 Å². The Morgan fingerprint density at radius 1 is 1.15 bits per heavy atom. The second kappa shape index (κ2) is 6.25. The van der Waals surface area contributed by atoms with Crippen LogP contribution in [0.5, 0.6) is 0 Å². The van der Waals surface area contributed by atoms with Gasteiger partial charge in [-0.2, -0.15) is 0 Å². The summed E-state index contributed by atoms with van der Waals surface area (Å²) in [6, 6.07) is 7.11. The summed E-state index contributed by atoms with van der Waals surface area (Å²) in [5.74, 6) is 5.92. The van der Waals surface area contributed by atoms with E-state index in [2.05, 4.69) is 56.5 Å². The summed E-state index contributed by atoms with van der Waals surface area (Å²) in [5, 5.41) is 0. The van der Waals surface area contributed by atoms with Crippen LogP contribution in [0.1, 0.15) is 42.4 Å². The standard InChI is InChI=1S/C17H29N3/c1-13-9-14(2)11-15(10-13)12-16(19-18)17(20(3)4)7-5-6-8-17/h9-11,16,19H,5-8,12,18H2,1-4H3. The highest BCUT2D eigenvalue weighted by atomic mass is 15.3. The molecule has 0 heterocycles. The second-order valence-corrected chi connectivity index (χ2v) is 6.62. The van der Waals surface area contributed by atoms with Crippen molar-refractivity contribution in [3.05, 3.63) is 34.9 Å². The number of nitrogens with one attached hydrogen (secondary N) is 1. The maximum atomic E-state index is 5.92. The van der Waals surface area contributed by atoms with E-state index in [1.807, 2.05) is 0 Å². The molecule has 1 atom stereocenters. The molecule has 1 fully saturated rings. The normalized spacial score (nSPS) is 19.5. The van der Waals surface area contributed by atoms with Crippen LogP contribution in [0.2, 0.25) is 0 Å². The van der Waals surface area contributed by atoms with E-state index in [1.165, 1.54) is 42.4 Å². The van der Waals surface area contributed by atoms with Gasteiger partial charge in [-0.3, -0.25) is 11.3 Å². The lowest BCUT2D eigenvalue weighted by Crippen LogP contribution is -2.60. The third kappa shape index (κ3) is 3.05. The van der Waals surface area contributed by atoms with Crippen molar-refractivity contribution in [2.24, 2.45) is 5.84 Å². The minimum atomic E-state index is 0.201. The minimum Gasteiger partial charge on any atom is -0.302 e. The molecule has 1 aliphatic rings. The van der Waals surface area contributed by atoms with Gasteiger partial charge >= 0.3 is 0 Å². The maximum Gasteiger partial charge on any atom is 0.0434 e. The van der Waals surface area contributed by atoms with Gasteiger partial charge in [-0.15, -0.1) is 0 Å². The molecule has 1 unspecified atom stereocenters. The Kier molecular flexibility index (Phi) is 4.84. The van der Waals surface area contributed by atoms with Crippen LogP contribution in [0.15, 0.2) is 18.2 Å². The number of hydrogen-bond acceptors (Lipinski definition) is 3. The molecular weight excluding hydrogens is 246 g/mol. The predicted octanol–water partition coefficient (Wildman–Crippen LogP) is 2.55. The van der Waals surface area contributed by atoms with Crippen molar-refractivity contribution in [1.82, 2.24) is 10.3 Å². The Hall–Kier alpha value is -0.900. The molecule has 0 aliphatic heterocycles. The van der Waals surface area contributed by atoms with E-state index < -0.39 is 0 Å². The Balaban J connectivity index is 2.23. The first-order valence-corrected chi connectivity index (χ1v) is 7.69. The van der Waals surface area contributed by atoms with Crippen LogP contribution in [0.3, 0.4) is 0 Å². The molecule has 112 valence electrons. The zero-order valence-corrected chi connectivity index (χ0v) is 13.4. The fourth-order valence-electron chi connectivity index (χ4n) is 3.92. The number of nitrogens with zero attached hydrogens (tertiary/aromatic N) is 1. The van der Waals surface area contributed by atoms with Crippen molar-refractivity contribution < 1.29 is 0 Å². The van der Waals surface area contributed by atoms with E-state index in [0.717, 1.165) is 6.42 Å². The first-order chi connectivity index (χ1) is 9.48. The number of rotatable bonds is 5. The van der Waals surface area contributed by atoms with Crippen LogP contribution in [-0.4, -0.2) is 30.6 Å². The van der Waals surface area contributed by atoms with Gasteiger partial charge in [-0.25, -0.2) is 0 Å². The lowest BCUT2D eigenvalue weighted by Gasteiger charge is -2.43. The number of aryl methyl sites for hydroxylation is 2. The molecule has 2 rings (SSSR count). The molecule has 0 amide bonds. The van der Waals surface area contributed by atoms with Gasteiger partial charge in [0.15, 0.2) is 0 Å². The Labute approximate surface area is 123 Å². The largest absolute Gasteiger partial charge is 0.302 e. The molecule has 3 nitrogen and oxygen atoms in total. The number of likely N-dealkylation sites (N-methyl/N-ethyl adjacent to an activating group) is 1. The highest BCUT2D eigenvalue weighted by Gasteiger charge is 2.42. The average molecular weight is 275 g/mol. The number of nitrogens with two attached hydrogens (primary N) is 1. The molecule has 0 saturated heterocycles. The van der Waals surface area contributed by atoms with Crippen molar-refractivity contribution in [1.29, 1.82) is 0 Å². The van der Waals surface area contributed by atoms with Crippen molar-refractivity contribution in [3.8, 4) is 0 Å². The molecule has 3 heteroatoms. The molecular formula is C17H29N3. The summed E-state index contributed by atoms with van der Waals surface area (Å²) in [6.45, 7) is 4.33. The predicted molar refractivity (Wildman–Crippen MR) is 85.6 cm³/mol. The topological polar surface area (TPSA) is 41.3 Å². The maximum absolute atomic E-state index is 5.92. The Morgan fingerprint density at radius 2 is 1.70 bits per heavy atom. The van der Waals surface area contributed by atoms with Gasteiger partial charge in [-0.05, 0) is 52.8 Å². The highest BCUT2D eigenvalue weighted by Crippen LogP contribution is 2.37. The third-order valence-electron chi connectivity index (χ3n) is 4.93. The average Bonchev–Trinajstić information content (AvgIpc) is 2.85. The Morgan fingerprint density at radius 3 is 2.15 bits per heavy atom. The first-order valence-electron chi connectivity index (χ1n) is 7.69. The van der Waals surface area contributed by atoms with E-state index >= 15 is 0 Å². The summed E-state index contributed by atoms with van der Waals surface area (Å²) in [5.41, 5.74) is 7.37. The molecule has 1 aliphatic carbocycles. The third-order valence-corrected chi connectivity index (χ3v) is 4.93. The molecule has 0 aromatic heterocycles. The van der Waals surface area contributed by atoms with Crippen LogP contribution in [-0.2, 0) is 6.42 Å². The van der Waals surface area contributed by atoms with Crippen LogP contribution in [0.4, 0.5) is 0 Å². The van der Waals surface area contributed by atoms with Crippen LogP contribution >= 0.6 is 0 Å². The molecule has 1 aromatic rings. The summed E-state index contributed by atoms with van der Waals surface area (Å²) >= 11 is 0. The smallest absolute Gasteiger partial charge is 0.0434 e. The lowest BCUT2D eigenvalue weighted by molar-refractivity contribution is 0.104. The lowest BCUT2D eigenvalue weighted by atomic mass is 9.83. The molecule has 1 aromatic carbocycles. The van der Waals surface area contributed by atoms with E-state index in [-0.39, 0.29) is 5.54 Å². The van der Waals surface area contributed by atoms with Gasteiger partial charge in [0.25, 0.3) is 0 Å². The van der Waals surface area contributed by atoms with Gasteiger partial charge in [0, 0.05) is 11.6 Å². The fraction of sp³-hybridized carbons (Fsp3) is 0.647. The van der Waals surface area contributed by atoms with Crippen molar-refractivity contribution in [3.63, 3.8) is 0 Å². The quantitative estimate of drug-likeness (QED) is 0.641. The molecule has 3 N–H and O–H groups in total. The van der Waals surface area contributed by atoms with Crippen LogP contribution in [0.25, 0.3) is 0 Å². The molecule has 1 saturated carbocycles. The fourth-order valence-corrected chi connectivity index (χ4v) is 3.92. The molecule has 0 radical (unpaired) electrons. The summed E-state index contributed by atoms with van der Waals surface area (Å²) < 4.78 is 0. The Bertz CT molecular complexity index is 427. The van der Waals surface area contributed by atoms with Crippen LogP contribution in [0, 0.1) is 13.8 Å². The summed E-state index contributed by atoms with van der Waals surface area (Å²) in [6.07, 6.45) is 6.09. The molecule has 0 bridgehead atoms. The summed E-state index contributed by atoms with van der Waals surface area (Å²) in [7, 11) is 4.38.